The van der Waals surface area contributed by atoms with Gasteiger partial charge in [0.25, 0.3) is 5.91 Å². The van der Waals surface area contributed by atoms with Crippen LogP contribution in [-0.2, 0) is 29.2 Å². The lowest BCUT2D eigenvalue weighted by atomic mass is 9.79. The van der Waals surface area contributed by atoms with E-state index in [0.717, 1.165) is 93.1 Å². The Morgan fingerprint density at radius 3 is 1.24 bits per heavy atom. The third-order valence-electron chi connectivity index (χ3n) is 13.5. The molecule has 3 aliphatic rings. The highest BCUT2D eigenvalue weighted by atomic mass is 16.5. The van der Waals surface area contributed by atoms with Crippen LogP contribution in [0.3, 0.4) is 0 Å². The number of rotatable bonds is 12. The fraction of sp³-hybridized carbons (Fsp3) is 0.608. The van der Waals surface area contributed by atoms with Gasteiger partial charge in [0, 0.05) is 25.7 Å². The normalized spacial score (nSPS) is 22.6. The summed E-state index contributed by atoms with van der Waals surface area (Å²) in [6.45, 7) is 18.1. The van der Waals surface area contributed by atoms with Gasteiger partial charge in [-0.25, -0.2) is 5.48 Å². The van der Waals surface area contributed by atoms with Crippen molar-refractivity contribution in [3.05, 3.63) is 89.5 Å². The number of hydrogen-bond acceptors (Lipinski definition) is 10. The molecule has 63 heavy (non-hydrogen) atoms. The molecule has 0 aliphatic carbocycles. The maximum atomic E-state index is 12.2. The molecule has 0 radical (unpaired) electrons. The summed E-state index contributed by atoms with van der Waals surface area (Å²) in [5.41, 5.74) is 5.20. The van der Waals surface area contributed by atoms with Crippen LogP contribution in [0.4, 0.5) is 0 Å². The van der Waals surface area contributed by atoms with Crippen molar-refractivity contribution < 1.29 is 39.2 Å². The average molecular weight is 875 g/mol. The third kappa shape index (κ3) is 14.9. The van der Waals surface area contributed by atoms with Crippen LogP contribution in [0.5, 0.6) is 17.2 Å². The molecule has 3 fully saturated rings. The fourth-order valence-electron chi connectivity index (χ4n) is 9.88. The van der Waals surface area contributed by atoms with Crippen molar-refractivity contribution in [3.8, 4) is 17.2 Å². The molecule has 3 aromatic rings. The number of ether oxygens (including phenoxy) is 3. The van der Waals surface area contributed by atoms with Crippen molar-refractivity contribution >= 4 is 11.9 Å². The number of methoxy groups -OCH3 is 3. The maximum Gasteiger partial charge on any atom is 0.321 e. The predicted octanol–water partition coefficient (Wildman–Crippen LogP) is 8.81. The highest BCUT2D eigenvalue weighted by Crippen LogP contribution is 2.38. The largest absolute Gasteiger partial charge is 0.497 e. The van der Waals surface area contributed by atoms with Gasteiger partial charge in [0.2, 0.25) is 0 Å². The molecule has 3 unspecified atom stereocenters. The number of hydrogen-bond donors (Lipinski definition) is 4. The molecule has 1 amide bonds. The van der Waals surface area contributed by atoms with E-state index in [9.17, 15) is 19.8 Å². The van der Waals surface area contributed by atoms with Crippen molar-refractivity contribution in [1.29, 1.82) is 0 Å². The van der Waals surface area contributed by atoms with Crippen molar-refractivity contribution in [2.45, 2.75) is 137 Å². The second kappa shape index (κ2) is 24.2. The van der Waals surface area contributed by atoms with Crippen molar-refractivity contribution in [3.63, 3.8) is 0 Å². The minimum atomic E-state index is -0.713. The summed E-state index contributed by atoms with van der Waals surface area (Å²) in [5, 5.41) is 28.6. The number of carbonyl (C=O) groups is 2. The van der Waals surface area contributed by atoms with Crippen molar-refractivity contribution in [2.24, 2.45) is 16.2 Å². The molecule has 3 atom stereocenters. The smallest absolute Gasteiger partial charge is 0.321 e. The number of nitrogens with one attached hydrogen (secondary N) is 1. The van der Waals surface area contributed by atoms with Gasteiger partial charge in [-0.15, -0.1) is 0 Å². The topological polar surface area (TPSA) is 144 Å². The Kier molecular flexibility index (Phi) is 19.7. The van der Waals surface area contributed by atoms with Gasteiger partial charge in [-0.1, -0.05) is 97.2 Å². The quantitative estimate of drug-likeness (QED) is 0.102. The second-order valence-electron chi connectivity index (χ2n) is 19.6. The van der Waals surface area contributed by atoms with E-state index in [1.54, 1.807) is 21.3 Å². The summed E-state index contributed by atoms with van der Waals surface area (Å²) in [5.74, 6) is 1.51. The number of carbonyl (C=O) groups excluding carboxylic acids is 1. The Morgan fingerprint density at radius 2 is 0.889 bits per heavy atom. The number of hydroxylamine groups is 1. The van der Waals surface area contributed by atoms with Gasteiger partial charge >= 0.3 is 5.97 Å². The minimum absolute atomic E-state index is 0.171. The molecular weight excluding hydrogens is 797 g/mol. The fourth-order valence-corrected chi connectivity index (χ4v) is 9.88. The first-order valence-electron chi connectivity index (χ1n) is 22.9. The molecule has 0 aromatic heterocycles. The van der Waals surface area contributed by atoms with Gasteiger partial charge in [-0.05, 0) is 127 Å². The maximum absolute atomic E-state index is 12.2. The van der Waals surface area contributed by atoms with Crippen LogP contribution in [0.15, 0.2) is 72.8 Å². The first kappa shape index (κ1) is 51.4. The lowest BCUT2D eigenvalue weighted by Crippen LogP contribution is -2.53. The van der Waals surface area contributed by atoms with Gasteiger partial charge in [0.15, 0.2) is 0 Å². The van der Waals surface area contributed by atoms with E-state index in [2.05, 4.69) is 68.4 Å². The molecule has 3 saturated heterocycles. The summed E-state index contributed by atoms with van der Waals surface area (Å²) in [6.07, 6.45) is 9.92. The number of benzene rings is 3. The van der Waals surface area contributed by atoms with E-state index < -0.39 is 12.0 Å². The standard InChI is InChI=1S/C17H26N2O3.C17H25NO3.C17H27NO2/c1-17(2)10-4-5-11-19(15(17)16(20)18-21)12-13-6-8-14(22-3)9-7-13;1-17(2)10-4-5-11-18(15(17)16(19)20)12-13-6-8-14(21-3)9-7-13;1-17(2)10-4-5-11-18(16(17)13-19)12-14-6-8-15(20-3)9-7-14/h6-9,15,21H,4-5,10-12H2,1-3H3,(H,18,20);6-9,15H,4-5,10-12H2,1-3H3,(H,19,20);6-9,16,19H,4-5,10-13H2,1-3H3. The molecule has 4 N–H and O–H groups in total. The van der Waals surface area contributed by atoms with Crippen molar-refractivity contribution in [2.75, 3.05) is 47.6 Å². The number of amides is 1. The molecule has 3 aliphatic heterocycles. The lowest BCUT2D eigenvalue weighted by Gasteiger charge is -2.39. The number of nitrogens with zero attached hydrogens (tertiary/aromatic N) is 3. The Bertz CT molecular complexity index is 1820. The van der Waals surface area contributed by atoms with Crippen LogP contribution in [0, 0.1) is 16.2 Å². The summed E-state index contributed by atoms with van der Waals surface area (Å²) in [6, 6.07) is 23.5. The second-order valence-corrected chi connectivity index (χ2v) is 19.6. The van der Waals surface area contributed by atoms with E-state index in [0.29, 0.717) is 13.1 Å². The summed E-state index contributed by atoms with van der Waals surface area (Å²) < 4.78 is 15.5. The van der Waals surface area contributed by atoms with Gasteiger partial charge in [-0.2, -0.15) is 0 Å². The van der Waals surface area contributed by atoms with Crippen LogP contribution in [0.2, 0.25) is 0 Å². The number of aliphatic carboxylic acids is 1. The van der Waals surface area contributed by atoms with Crippen LogP contribution in [-0.4, -0.2) is 108 Å². The highest BCUT2D eigenvalue weighted by Gasteiger charge is 2.42. The monoisotopic (exact) mass is 875 g/mol. The van der Waals surface area contributed by atoms with E-state index in [4.69, 9.17) is 19.4 Å². The van der Waals surface area contributed by atoms with Gasteiger partial charge in [0.05, 0.1) is 34.0 Å². The number of likely N-dealkylation sites (tertiary alicyclic amines) is 3. The first-order chi connectivity index (χ1) is 30.0. The Hall–Kier alpha value is -4.20. The molecule has 0 bridgehead atoms. The summed E-state index contributed by atoms with van der Waals surface area (Å²) >= 11 is 0. The molecule has 6 rings (SSSR count). The van der Waals surface area contributed by atoms with Gasteiger partial charge in [0.1, 0.15) is 23.3 Å². The van der Waals surface area contributed by atoms with E-state index in [1.165, 1.54) is 24.8 Å². The Balaban J connectivity index is 0.000000208. The van der Waals surface area contributed by atoms with E-state index in [-0.39, 0.29) is 40.8 Å². The number of aliphatic hydroxyl groups excluding tert-OH is 1. The SMILES string of the molecule is COc1ccc(CN2CCCCC(C)(C)C2C(=O)NO)cc1.COc1ccc(CN2CCCCC(C)(C)C2C(=O)O)cc1.COc1ccc(CN2CCCCC(C)(C)C2CO)cc1. The molecular formula is C51H78N4O8. The molecule has 0 saturated carbocycles. The lowest BCUT2D eigenvalue weighted by molar-refractivity contribution is -0.148. The Morgan fingerprint density at radius 1 is 0.556 bits per heavy atom. The summed E-state index contributed by atoms with van der Waals surface area (Å²) in [4.78, 5) is 30.7. The van der Waals surface area contributed by atoms with Crippen LogP contribution in [0.1, 0.15) is 116 Å². The average Bonchev–Trinajstić information content (AvgIpc) is 3.58. The van der Waals surface area contributed by atoms with Crippen LogP contribution >= 0.6 is 0 Å². The molecule has 3 aromatic carbocycles. The molecule has 350 valence electrons. The molecule has 12 heteroatoms. The third-order valence-corrected chi connectivity index (χ3v) is 13.5. The van der Waals surface area contributed by atoms with E-state index >= 15 is 0 Å². The molecule has 3 heterocycles. The minimum Gasteiger partial charge on any atom is -0.497 e. The number of carboxylic acid groups (broad SMARTS) is 1. The highest BCUT2D eigenvalue weighted by molar-refractivity contribution is 5.81. The molecule has 12 nitrogen and oxygen atoms in total. The zero-order valence-electron chi connectivity index (χ0n) is 39.7. The first-order valence-corrected chi connectivity index (χ1v) is 22.9. The van der Waals surface area contributed by atoms with Crippen LogP contribution in [0.25, 0.3) is 0 Å². The Labute approximate surface area is 377 Å². The van der Waals surface area contributed by atoms with Crippen LogP contribution < -0.4 is 19.7 Å². The number of carboxylic acids is 1. The van der Waals surface area contributed by atoms with E-state index in [1.807, 2.05) is 66.1 Å². The van der Waals surface area contributed by atoms with Gasteiger partial charge < -0.3 is 24.4 Å². The van der Waals surface area contributed by atoms with Crippen molar-refractivity contribution in [1.82, 2.24) is 20.2 Å². The zero-order chi connectivity index (χ0) is 46.2. The summed E-state index contributed by atoms with van der Waals surface area (Å²) in [7, 11) is 4.98. The predicted molar refractivity (Wildman–Crippen MR) is 249 cm³/mol. The zero-order valence-corrected chi connectivity index (χ0v) is 39.7. The van der Waals surface area contributed by atoms with Gasteiger partial charge in [-0.3, -0.25) is 29.5 Å². The molecule has 0 spiro atoms. The number of aliphatic hydroxyl groups is 1.